The van der Waals surface area contributed by atoms with E-state index in [0.29, 0.717) is 21.8 Å². The maximum Gasteiger partial charge on any atom is 0.461 e. The van der Waals surface area contributed by atoms with Crippen LogP contribution in [0.25, 0.3) is 0 Å². The van der Waals surface area contributed by atoms with Crippen molar-refractivity contribution in [2.45, 2.75) is 0 Å². The van der Waals surface area contributed by atoms with E-state index in [1.54, 1.807) is 24.3 Å². The Labute approximate surface area is 161 Å². The third kappa shape index (κ3) is 5.25. The molecule has 0 saturated heterocycles. The lowest BCUT2D eigenvalue weighted by molar-refractivity contribution is -0.333. The minimum atomic E-state index is -1.04. The molecule has 0 N–H and O–H groups in total. The molecule has 10 heteroatoms. The van der Waals surface area contributed by atoms with Crippen molar-refractivity contribution >= 4 is 12.2 Å². The number of carbonyl (C=O) groups excluding carboxylic acids is 2. The molecule has 150 valence electrons. The summed E-state index contributed by atoms with van der Waals surface area (Å²) in [5.74, 6) is 1.58. The monoisotopic (exact) mass is 392 g/mol. The van der Waals surface area contributed by atoms with Gasteiger partial charge in [-0.15, -0.1) is 0 Å². The van der Waals surface area contributed by atoms with Crippen LogP contribution in [-0.2, 0) is 9.68 Å². The predicted molar refractivity (Wildman–Crippen MR) is 95.7 cm³/mol. The first kappa shape index (κ1) is 20.8. The summed E-state index contributed by atoms with van der Waals surface area (Å²) in [5.41, 5.74) is 0. The molecule has 2 rings (SSSR count). The normalized spacial score (nSPS) is 10.0. The molecule has 2 aromatic carbocycles. The van der Waals surface area contributed by atoms with Crippen LogP contribution in [-0.4, -0.2) is 51.0 Å². The second kappa shape index (κ2) is 10.00. The van der Waals surface area contributed by atoms with Gasteiger partial charge in [0.2, 0.25) is 0 Å². The molecule has 0 saturated carbocycles. The van der Waals surface area contributed by atoms with Crippen LogP contribution >= 0.6 is 0 Å². The molecule has 0 bridgehead atoms. The molecule has 2 amide bonds. The molecule has 0 spiro atoms. The highest BCUT2D eigenvalue weighted by molar-refractivity contribution is 5.75. The second-order valence-corrected chi connectivity index (χ2v) is 5.00. The van der Waals surface area contributed by atoms with E-state index in [1.807, 2.05) is 0 Å². The highest BCUT2D eigenvalue weighted by Gasteiger charge is 2.31. The number of carbonyl (C=O) groups is 2. The largest absolute Gasteiger partial charge is 0.497 e. The van der Waals surface area contributed by atoms with Gasteiger partial charge in [0.25, 0.3) is 0 Å². The number of benzene rings is 2. The van der Waals surface area contributed by atoms with Crippen molar-refractivity contribution in [1.29, 1.82) is 0 Å². The average Bonchev–Trinajstić information content (AvgIpc) is 2.72. The summed E-state index contributed by atoms with van der Waals surface area (Å²) < 4.78 is 20.3. The number of hydrogen-bond acceptors (Lipinski definition) is 8. The average molecular weight is 392 g/mol. The number of methoxy groups -OCH3 is 2. The van der Waals surface area contributed by atoms with Crippen molar-refractivity contribution in [3.05, 3.63) is 48.5 Å². The lowest BCUT2D eigenvalue weighted by Crippen LogP contribution is -2.50. The molecule has 10 nitrogen and oxygen atoms in total. The Morgan fingerprint density at radius 1 is 0.571 bits per heavy atom. The zero-order valence-electron chi connectivity index (χ0n) is 15.8. The summed E-state index contributed by atoms with van der Waals surface area (Å²) in [6.07, 6.45) is -2.08. The van der Waals surface area contributed by atoms with Crippen LogP contribution < -0.4 is 18.9 Å². The molecule has 0 aliphatic rings. The van der Waals surface area contributed by atoms with Gasteiger partial charge in [0, 0.05) is 0 Å². The molecular formula is C18H20N2O8. The van der Waals surface area contributed by atoms with Crippen LogP contribution in [0.4, 0.5) is 9.59 Å². The van der Waals surface area contributed by atoms with Crippen LogP contribution in [0.3, 0.4) is 0 Å². The lowest BCUT2D eigenvalue weighted by Gasteiger charge is -2.27. The van der Waals surface area contributed by atoms with Gasteiger partial charge < -0.3 is 18.9 Å². The smallest absolute Gasteiger partial charge is 0.461 e. The number of hydrogen-bond donors (Lipinski definition) is 0. The quantitative estimate of drug-likeness (QED) is 0.692. The Kier molecular flexibility index (Phi) is 7.43. The Morgan fingerprint density at radius 3 is 1.11 bits per heavy atom. The number of hydroxylamine groups is 2. The summed E-state index contributed by atoms with van der Waals surface area (Å²) in [6, 6.07) is 12.5. The van der Waals surface area contributed by atoms with Gasteiger partial charge in [-0.25, -0.2) is 19.3 Å². The minimum Gasteiger partial charge on any atom is -0.497 e. The number of rotatable bonds is 6. The van der Waals surface area contributed by atoms with Crippen molar-refractivity contribution in [2.24, 2.45) is 0 Å². The zero-order chi connectivity index (χ0) is 20.5. The minimum absolute atomic E-state index is 0.201. The molecule has 0 aliphatic heterocycles. The number of hydrazine groups is 1. The van der Waals surface area contributed by atoms with E-state index in [9.17, 15) is 9.59 Å². The van der Waals surface area contributed by atoms with Crippen molar-refractivity contribution in [3.63, 3.8) is 0 Å². The Morgan fingerprint density at radius 2 is 0.857 bits per heavy atom. The van der Waals surface area contributed by atoms with E-state index in [-0.39, 0.29) is 11.5 Å². The summed E-state index contributed by atoms with van der Waals surface area (Å²) in [7, 11) is 5.33. The van der Waals surface area contributed by atoms with Crippen molar-refractivity contribution in [1.82, 2.24) is 10.3 Å². The van der Waals surface area contributed by atoms with Crippen LogP contribution in [0.2, 0.25) is 0 Å². The van der Waals surface area contributed by atoms with E-state index in [2.05, 4.69) is 0 Å². The van der Waals surface area contributed by atoms with Crippen LogP contribution in [0.5, 0.6) is 23.0 Å². The van der Waals surface area contributed by atoms with E-state index in [0.717, 1.165) is 14.2 Å². The fraction of sp³-hybridized carbons (Fsp3) is 0.222. The summed E-state index contributed by atoms with van der Waals surface area (Å²) in [4.78, 5) is 34.5. The van der Waals surface area contributed by atoms with Gasteiger partial charge in [0.05, 0.1) is 28.4 Å². The molecule has 0 fully saturated rings. The highest BCUT2D eigenvalue weighted by Crippen LogP contribution is 2.20. The Hall–Kier alpha value is -3.50. The van der Waals surface area contributed by atoms with E-state index in [4.69, 9.17) is 28.6 Å². The first-order valence-electron chi connectivity index (χ1n) is 7.92. The molecule has 0 aromatic heterocycles. The molecule has 0 aliphatic carbocycles. The number of ether oxygens (including phenoxy) is 4. The van der Waals surface area contributed by atoms with Gasteiger partial charge >= 0.3 is 12.2 Å². The molecular weight excluding hydrogens is 372 g/mol. The third-order valence-electron chi connectivity index (χ3n) is 3.35. The van der Waals surface area contributed by atoms with E-state index in [1.165, 1.54) is 38.5 Å². The van der Waals surface area contributed by atoms with Gasteiger partial charge in [-0.3, -0.25) is 0 Å². The Balaban J connectivity index is 2.06. The van der Waals surface area contributed by atoms with Crippen molar-refractivity contribution in [2.75, 3.05) is 28.4 Å². The van der Waals surface area contributed by atoms with Crippen LogP contribution in [0.15, 0.2) is 48.5 Å². The van der Waals surface area contributed by atoms with E-state index < -0.39 is 12.2 Å². The van der Waals surface area contributed by atoms with Crippen LogP contribution in [0, 0.1) is 0 Å². The zero-order valence-corrected chi connectivity index (χ0v) is 15.8. The van der Waals surface area contributed by atoms with Gasteiger partial charge in [-0.1, -0.05) is 10.3 Å². The summed E-state index contributed by atoms with van der Waals surface area (Å²) in [5, 5.41) is 0.909. The molecule has 0 unspecified atom stereocenters. The molecule has 28 heavy (non-hydrogen) atoms. The molecule has 0 atom stereocenters. The second-order valence-electron chi connectivity index (χ2n) is 5.00. The molecule has 2 aromatic rings. The fourth-order valence-electron chi connectivity index (χ4n) is 2.01. The van der Waals surface area contributed by atoms with E-state index >= 15 is 0 Å². The van der Waals surface area contributed by atoms with Crippen LogP contribution in [0.1, 0.15) is 0 Å². The first-order valence-corrected chi connectivity index (χ1v) is 7.92. The van der Waals surface area contributed by atoms with Gasteiger partial charge in [-0.2, -0.15) is 0 Å². The van der Waals surface area contributed by atoms with Gasteiger partial charge in [-0.05, 0) is 48.5 Å². The number of nitrogens with zero attached hydrogens (tertiary/aromatic N) is 2. The van der Waals surface area contributed by atoms with Crippen molar-refractivity contribution < 1.29 is 38.2 Å². The lowest BCUT2D eigenvalue weighted by atomic mass is 10.3. The Bertz CT molecular complexity index is 712. The maximum absolute atomic E-state index is 12.3. The molecule has 0 radical (unpaired) electrons. The molecule has 0 heterocycles. The fourth-order valence-corrected chi connectivity index (χ4v) is 2.01. The SMILES string of the molecule is COc1ccc(OC(=O)N(OC)N(OC)C(=O)Oc2ccc(OC)cc2)cc1. The number of amides is 2. The standard InChI is InChI=1S/C18H20N2O8/c1-23-13-5-9-15(10-6-13)27-17(21)19(25-3)20(26-4)18(22)28-16-11-7-14(24-2)8-12-16/h5-12H,1-4H3. The summed E-state index contributed by atoms with van der Waals surface area (Å²) in [6.45, 7) is 0. The maximum atomic E-state index is 12.3. The van der Waals surface area contributed by atoms with Crippen molar-refractivity contribution in [3.8, 4) is 23.0 Å². The van der Waals surface area contributed by atoms with Gasteiger partial charge in [0.1, 0.15) is 23.0 Å². The summed E-state index contributed by atoms with van der Waals surface area (Å²) >= 11 is 0. The highest BCUT2D eigenvalue weighted by atomic mass is 16.9. The predicted octanol–water partition coefficient (Wildman–Crippen LogP) is 3.04. The first-order chi connectivity index (χ1) is 13.5. The third-order valence-corrected chi connectivity index (χ3v) is 3.35. The van der Waals surface area contributed by atoms with Gasteiger partial charge in [0.15, 0.2) is 0 Å². The topological polar surface area (TPSA) is 96.0 Å².